The first-order valence-corrected chi connectivity index (χ1v) is 6.66. The van der Waals surface area contributed by atoms with Crippen LogP contribution in [0.25, 0.3) is 11.2 Å². The van der Waals surface area contributed by atoms with Crippen molar-refractivity contribution in [3.63, 3.8) is 0 Å². The molecule has 0 atom stereocenters. The maximum Gasteiger partial charge on any atom is 0.183 e. The highest BCUT2D eigenvalue weighted by atomic mass is 32.2. The molecule has 3 N–H and O–H groups in total. The van der Waals surface area contributed by atoms with Gasteiger partial charge in [0.25, 0.3) is 0 Å². The largest absolute Gasteiger partial charge is 0.382 e. The third kappa shape index (κ3) is 2.39. The molecule has 0 radical (unpaired) electrons. The molecule has 6 heteroatoms. The van der Waals surface area contributed by atoms with E-state index in [4.69, 9.17) is 5.73 Å². The van der Waals surface area contributed by atoms with Crippen LogP contribution in [-0.2, 0) is 0 Å². The predicted octanol–water partition coefficient (Wildman–Crippen LogP) is 2.70. The zero-order valence-electron chi connectivity index (χ0n) is 10.6. The van der Waals surface area contributed by atoms with Crippen LogP contribution in [0.15, 0.2) is 34.6 Å². The first kappa shape index (κ1) is 12.0. The topological polar surface area (TPSA) is 80.5 Å². The van der Waals surface area contributed by atoms with Crippen molar-refractivity contribution in [2.75, 3.05) is 5.73 Å². The molecule has 0 aliphatic heterocycles. The fraction of sp³-hybridized carbons (Fsp3) is 0.154. The van der Waals surface area contributed by atoms with E-state index in [1.54, 1.807) is 11.8 Å². The number of aromatic amines is 1. The van der Waals surface area contributed by atoms with Gasteiger partial charge in [0.05, 0.1) is 0 Å². The van der Waals surface area contributed by atoms with Crippen LogP contribution in [0.2, 0.25) is 0 Å². The number of H-pyrrole nitrogens is 1. The summed E-state index contributed by atoms with van der Waals surface area (Å²) in [7, 11) is 0. The number of nitrogen functional groups attached to an aromatic ring is 1. The molecular weight excluding hydrogens is 258 g/mol. The second-order valence-corrected chi connectivity index (χ2v) is 5.49. The SMILES string of the molecule is Cc1cc(C)cc(Sc2nc3ncnc(N)c3[nH]2)c1. The van der Waals surface area contributed by atoms with Crippen LogP contribution in [0.3, 0.4) is 0 Å². The fourth-order valence-corrected chi connectivity index (χ4v) is 2.98. The molecular formula is C13H13N5S. The number of anilines is 1. The summed E-state index contributed by atoms with van der Waals surface area (Å²) in [5.41, 5.74) is 9.53. The van der Waals surface area contributed by atoms with Crippen molar-refractivity contribution in [1.82, 2.24) is 19.9 Å². The Morgan fingerprint density at radius 3 is 2.53 bits per heavy atom. The van der Waals surface area contributed by atoms with Gasteiger partial charge in [0.15, 0.2) is 16.6 Å². The Labute approximate surface area is 114 Å². The highest BCUT2D eigenvalue weighted by molar-refractivity contribution is 7.99. The van der Waals surface area contributed by atoms with E-state index in [2.05, 4.69) is 52.0 Å². The molecule has 0 bridgehead atoms. The summed E-state index contributed by atoms with van der Waals surface area (Å²) in [6.45, 7) is 4.16. The molecule has 3 aromatic rings. The molecule has 96 valence electrons. The predicted molar refractivity (Wildman–Crippen MR) is 76.1 cm³/mol. The molecule has 0 amide bonds. The Morgan fingerprint density at radius 2 is 1.84 bits per heavy atom. The van der Waals surface area contributed by atoms with E-state index in [9.17, 15) is 0 Å². The van der Waals surface area contributed by atoms with Crippen LogP contribution >= 0.6 is 11.8 Å². The highest BCUT2D eigenvalue weighted by Crippen LogP contribution is 2.29. The Kier molecular flexibility index (Phi) is 2.87. The molecule has 0 unspecified atom stereocenters. The van der Waals surface area contributed by atoms with Gasteiger partial charge in [0.1, 0.15) is 11.8 Å². The standard InChI is InChI=1S/C13H13N5S/c1-7-3-8(2)5-9(4-7)19-13-17-10-11(14)15-6-16-12(10)18-13/h3-6H,1-2H3,(H3,14,15,16,17,18). The van der Waals surface area contributed by atoms with Gasteiger partial charge in [-0.05, 0) is 37.1 Å². The van der Waals surface area contributed by atoms with Gasteiger partial charge in [-0.25, -0.2) is 15.0 Å². The van der Waals surface area contributed by atoms with E-state index in [1.807, 2.05) is 0 Å². The summed E-state index contributed by atoms with van der Waals surface area (Å²) in [6.07, 6.45) is 1.42. The normalized spacial score (nSPS) is 11.1. The molecule has 0 aliphatic rings. The number of aryl methyl sites for hydroxylation is 2. The zero-order valence-corrected chi connectivity index (χ0v) is 11.5. The third-order valence-corrected chi connectivity index (χ3v) is 3.56. The van der Waals surface area contributed by atoms with E-state index in [0.717, 1.165) is 10.1 Å². The Balaban J connectivity index is 1.99. The van der Waals surface area contributed by atoms with Crippen molar-refractivity contribution in [2.45, 2.75) is 23.9 Å². The van der Waals surface area contributed by atoms with Crippen molar-refractivity contribution >= 4 is 28.7 Å². The van der Waals surface area contributed by atoms with Crippen LogP contribution in [-0.4, -0.2) is 19.9 Å². The van der Waals surface area contributed by atoms with Gasteiger partial charge >= 0.3 is 0 Å². The van der Waals surface area contributed by atoms with Crippen molar-refractivity contribution < 1.29 is 0 Å². The summed E-state index contributed by atoms with van der Waals surface area (Å²) in [4.78, 5) is 16.7. The zero-order chi connectivity index (χ0) is 13.4. The second kappa shape index (κ2) is 4.55. The number of fused-ring (bicyclic) bond motifs is 1. The number of hydrogen-bond donors (Lipinski definition) is 2. The lowest BCUT2D eigenvalue weighted by atomic mass is 10.2. The summed E-state index contributed by atoms with van der Waals surface area (Å²) in [5.74, 6) is 0.421. The number of rotatable bonds is 2. The molecule has 0 spiro atoms. The van der Waals surface area contributed by atoms with Crippen LogP contribution in [0.5, 0.6) is 0 Å². The maximum atomic E-state index is 5.78. The van der Waals surface area contributed by atoms with Crippen molar-refractivity contribution in [1.29, 1.82) is 0 Å². The first-order valence-electron chi connectivity index (χ1n) is 5.84. The lowest BCUT2D eigenvalue weighted by Crippen LogP contribution is -1.91. The van der Waals surface area contributed by atoms with Gasteiger partial charge in [0.2, 0.25) is 0 Å². The molecule has 0 saturated carbocycles. The summed E-state index contributed by atoms with van der Waals surface area (Å²) in [6, 6.07) is 6.39. The number of nitrogens with one attached hydrogen (secondary N) is 1. The fourth-order valence-electron chi connectivity index (χ4n) is 1.98. The summed E-state index contributed by atoms with van der Waals surface area (Å²) < 4.78 is 0. The monoisotopic (exact) mass is 271 g/mol. The van der Waals surface area contributed by atoms with Gasteiger partial charge in [-0.2, -0.15) is 0 Å². The number of benzene rings is 1. The van der Waals surface area contributed by atoms with Crippen molar-refractivity contribution in [2.24, 2.45) is 0 Å². The van der Waals surface area contributed by atoms with Gasteiger partial charge < -0.3 is 10.7 Å². The molecule has 19 heavy (non-hydrogen) atoms. The van der Waals surface area contributed by atoms with E-state index >= 15 is 0 Å². The van der Waals surface area contributed by atoms with Crippen molar-refractivity contribution in [3.8, 4) is 0 Å². The second-order valence-electron chi connectivity index (χ2n) is 4.42. The molecule has 0 aliphatic carbocycles. The molecule has 2 aromatic heterocycles. The smallest absolute Gasteiger partial charge is 0.183 e. The van der Waals surface area contributed by atoms with E-state index in [0.29, 0.717) is 17.0 Å². The van der Waals surface area contributed by atoms with Crippen LogP contribution in [0, 0.1) is 13.8 Å². The van der Waals surface area contributed by atoms with Crippen LogP contribution in [0.1, 0.15) is 11.1 Å². The van der Waals surface area contributed by atoms with E-state index < -0.39 is 0 Å². The maximum absolute atomic E-state index is 5.78. The molecule has 0 saturated heterocycles. The quantitative estimate of drug-likeness (QED) is 0.749. The Hall–Kier alpha value is -2.08. The van der Waals surface area contributed by atoms with Gasteiger partial charge in [-0.3, -0.25) is 0 Å². The van der Waals surface area contributed by atoms with Crippen molar-refractivity contribution in [3.05, 3.63) is 35.7 Å². The lowest BCUT2D eigenvalue weighted by Gasteiger charge is -2.02. The van der Waals surface area contributed by atoms with E-state index in [1.165, 1.54) is 17.5 Å². The highest BCUT2D eigenvalue weighted by Gasteiger charge is 2.09. The molecule has 3 rings (SSSR count). The molecule has 5 nitrogen and oxygen atoms in total. The van der Waals surface area contributed by atoms with Gasteiger partial charge in [0, 0.05) is 4.90 Å². The third-order valence-electron chi connectivity index (χ3n) is 2.71. The minimum Gasteiger partial charge on any atom is -0.382 e. The summed E-state index contributed by atoms with van der Waals surface area (Å²) in [5, 5.41) is 0.771. The van der Waals surface area contributed by atoms with Crippen LogP contribution < -0.4 is 5.73 Å². The van der Waals surface area contributed by atoms with Gasteiger partial charge in [-0.1, -0.05) is 17.8 Å². The number of hydrogen-bond acceptors (Lipinski definition) is 5. The minimum absolute atomic E-state index is 0.421. The average molecular weight is 271 g/mol. The molecule has 2 heterocycles. The van der Waals surface area contributed by atoms with E-state index in [-0.39, 0.29) is 0 Å². The lowest BCUT2D eigenvalue weighted by molar-refractivity contribution is 1.07. The number of aromatic nitrogens is 4. The number of nitrogens with zero attached hydrogens (tertiary/aromatic N) is 3. The molecule has 0 fully saturated rings. The summed E-state index contributed by atoms with van der Waals surface area (Å²) >= 11 is 1.56. The minimum atomic E-state index is 0.421. The Bertz CT molecular complexity index is 730. The Morgan fingerprint density at radius 1 is 1.11 bits per heavy atom. The van der Waals surface area contributed by atoms with Crippen LogP contribution in [0.4, 0.5) is 5.82 Å². The number of imidazole rings is 1. The molecule has 1 aromatic carbocycles. The first-order chi connectivity index (χ1) is 9.11. The number of nitrogens with two attached hydrogens (primary N) is 1. The van der Waals surface area contributed by atoms with Gasteiger partial charge in [-0.15, -0.1) is 0 Å². The average Bonchev–Trinajstić information content (AvgIpc) is 2.71.